The van der Waals surface area contributed by atoms with E-state index in [1.54, 1.807) is 0 Å². The van der Waals surface area contributed by atoms with Crippen molar-refractivity contribution in [3.63, 3.8) is 0 Å². The molecule has 0 aromatic rings. The van der Waals surface area contributed by atoms with Gasteiger partial charge in [-0.25, -0.2) is 0 Å². The van der Waals surface area contributed by atoms with Crippen molar-refractivity contribution in [3.8, 4) is 0 Å². The quantitative estimate of drug-likeness (QED) is 0.539. The lowest BCUT2D eigenvalue weighted by molar-refractivity contribution is -0.325. The monoisotopic (exact) mass is 266 g/mol. The molecule has 0 N–H and O–H groups in total. The zero-order valence-electron chi connectivity index (χ0n) is 12.3. The van der Waals surface area contributed by atoms with Crippen LogP contribution in [0.4, 0.5) is 0 Å². The van der Waals surface area contributed by atoms with Gasteiger partial charge >= 0.3 is 5.97 Å². The molecule has 19 heavy (non-hydrogen) atoms. The summed E-state index contributed by atoms with van der Waals surface area (Å²) in [4.78, 5) is 12.1. The summed E-state index contributed by atoms with van der Waals surface area (Å²) in [6, 6.07) is 0. The van der Waals surface area contributed by atoms with E-state index in [0.717, 1.165) is 5.57 Å². The fourth-order valence-electron chi connectivity index (χ4n) is 3.40. The number of esters is 1. The maximum Gasteiger partial charge on any atom is 0.311 e. The lowest BCUT2D eigenvalue weighted by atomic mass is 9.83. The number of hydrogen-bond donors (Lipinski definition) is 0. The second-order valence-electron chi connectivity index (χ2n) is 7.38. The van der Waals surface area contributed by atoms with E-state index in [1.807, 2.05) is 34.6 Å². The summed E-state index contributed by atoms with van der Waals surface area (Å²) in [5.74, 6) is -0.191. The second kappa shape index (κ2) is 3.41. The van der Waals surface area contributed by atoms with Crippen LogP contribution in [-0.4, -0.2) is 35.5 Å². The Morgan fingerprint density at radius 2 is 2.05 bits per heavy atom. The van der Waals surface area contributed by atoms with Gasteiger partial charge in [-0.15, -0.1) is 0 Å². The number of hydrogen-bond acceptors (Lipinski definition) is 4. The Hall–Kier alpha value is -0.870. The van der Waals surface area contributed by atoms with E-state index in [1.165, 1.54) is 0 Å². The summed E-state index contributed by atoms with van der Waals surface area (Å²) in [5.41, 5.74) is -0.345. The molecule has 3 heterocycles. The smallest absolute Gasteiger partial charge is 0.311 e. The summed E-state index contributed by atoms with van der Waals surface area (Å²) in [6.07, 6.45) is 0.160. The van der Waals surface area contributed by atoms with Crippen molar-refractivity contribution in [2.45, 2.75) is 70.6 Å². The van der Waals surface area contributed by atoms with Gasteiger partial charge in [-0.05, 0) is 40.2 Å². The average Bonchev–Trinajstić information content (AvgIpc) is 2.34. The van der Waals surface area contributed by atoms with Gasteiger partial charge in [0.2, 0.25) is 0 Å². The van der Waals surface area contributed by atoms with Gasteiger partial charge in [0.05, 0.1) is 11.0 Å². The van der Waals surface area contributed by atoms with Crippen LogP contribution in [0.15, 0.2) is 12.2 Å². The van der Waals surface area contributed by atoms with Crippen LogP contribution < -0.4 is 0 Å². The molecule has 0 aromatic carbocycles. The molecule has 0 aliphatic carbocycles. The Morgan fingerprint density at radius 1 is 1.42 bits per heavy atom. The van der Waals surface area contributed by atoms with E-state index in [2.05, 4.69) is 6.58 Å². The molecule has 3 fully saturated rings. The minimum atomic E-state index is -0.501. The molecule has 0 amide bonds. The van der Waals surface area contributed by atoms with Gasteiger partial charge in [0, 0.05) is 6.42 Å². The largest absolute Gasteiger partial charge is 0.459 e. The van der Waals surface area contributed by atoms with Gasteiger partial charge in [0.15, 0.2) is 0 Å². The van der Waals surface area contributed by atoms with E-state index >= 15 is 0 Å². The summed E-state index contributed by atoms with van der Waals surface area (Å²) < 4.78 is 17.7. The van der Waals surface area contributed by atoms with Crippen LogP contribution >= 0.6 is 0 Å². The Labute approximate surface area is 114 Å². The number of rotatable bonds is 1. The van der Waals surface area contributed by atoms with E-state index in [4.69, 9.17) is 14.2 Å². The number of ether oxygens (including phenoxy) is 3. The molecule has 0 saturated carbocycles. The van der Waals surface area contributed by atoms with Crippen molar-refractivity contribution in [1.29, 1.82) is 0 Å². The minimum Gasteiger partial charge on any atom is -0.459 e. The summed E-state index contributed by atoms with van der Waals surface area (Å²) in [7, 11) is 0. The first kappa shape index (κ1) is 13.1. The number of fused-ring (bicyclic) bond motifs is 1. The van der Waals surface area contributed by atoms with Crippen molar-refractivity contribution in [1.82, 2.24) is 0 Å². The van der Waals surface area contributed by atoms with Gasteiger partial charge in [0.25, 0.3) is 0 Å². The average molecular weight is 266 g/mol. The Kier molecular flexibility index (Phi) is 2.36. The van der Waals surface area contributed by atoms with Crippen LogP contribution in [0.1, 0.15) is 41.0 Å². The highest BCUT2D eigenvalue weighted by Crippen LogP contribution is 2.59. The first-order valence-electron chi connectivity index (χ1n) is 6.84. The summed E-state index contributed by atoms with van der Waals surface area (Å²) in [5, 5.41) is 0. The maximum atomic E-state index is 12.1. The van der Waals surface area contributed by atoms with Gasteiger partial charge in [0.1, 0.15) is 23.9 Å². The molecular formula is C15H22O4. The highest BCUT2D eigenvalue weighted by molar-refractivity contribution is 5.75. The molecule has 3 saturated heterocycles. The third kappa shape index (κ3) is 1.56. The Bertz CT molecular complexity index is 463. The van der Waals surface area contributed by atoms with Crippen molar-refractivity contribution < 1.29 is 19.0 Å². The predicted molar refractivity (Wildman–Crippen MR) is 69.6 cm³/mol. The fourth-order valence-corrected chi connectivity index (χ4v) is 3.40. The van der Waals surface area contributed by atoms with Crippen LogP contribution in [0, 0.1) is 5.41 Å². The fraction of sp³-hybridized carbons (Fsp3) is 0.800. The Balaban J connectivity index is 1.84. The molecule has 4 nitrogen and oxygen atoms in total. The SMILES string of the molecule is C=C1C2OC3[C@H](OC(=O)C(C)(C)C)CC1(C)OC23C. The molecule has 2 bridgehead atoms. The van der Waals surface area contributed by atoms with E-state index in [9.17, 15) is 4.79 Å². The molecule has 0 spiro atoms. The van der Waals surface area contributed by atoms with E-state index in [-0.39, 0.29) is 29.9 Å². The molecule has 4 heteroatoms. The second-order valence-corrected chi connectivity index (χ2v) is 7.38. The lowest BCUT2D eigenvalue weighted by Gasteiger charge is -2.53. The summed E-state index contributed by atoms with van der Waals surface area (Å²) >= 11 is 0. The highest BCUT2D eigenvalue weighted by Gasteiger charge is 2.72. The first-order chi connectivity index (χ1) is 8.58. The molecule has 0 radical (unpaired) electrons. The molecule has 3 rings (SSSR count). The zero-order chi connectivity index (χ0) is 14.2. The minimum absolute atomic E-state index is 0.0548. The first-order valence-corrected chi connectivity index (χ1v) is 6.84. The molecule has 106 valence electrons. The van der Waals surface area contributed by atoms with Crippen molar-refractivity contribution in [2.24, 2.45) is 5.41 Å². The molecule has 4 unspecified atom stereocenters. The van der Waals surface area contributed by atoms with Crippen molar-refractivity contribution in [2.75, 3.05) is 0 Å². The van der Waals surface area contributed by atoms with Crippen molar-refractivity contribution in [3.05, 3.63) is 12.2 Å². The molecule has 3 aliphatic heterocycles. The molecular weight excluding hydrogens is 244 g/mol. The standard InChI is InChI=1S/C15H22O4/c1-8-10-15(6)11(18-10)9(7-14(8,5)19-15)17-12(16)13(2,3)4/h9-11H,1,7H2,2-6H3/t9-,10?,11?,14?,15?/m1/s1. The highest BCUT2D eigenvalue weighted by atomic mass is 16.7. The van der Waals surface area contributed by atoms with Crippen molar-refractivity contribution >= 4 is 5.97 Å². The number of carbonyl (C=O) groups is 1. The van der Waals surface area contributed by atoms with Crippen LogP contribution in [0.2, 0.25) is 0 Å². The van der Waals surface area contributed by atoms with Crippen LogP contribution in [-0.2, 0) is 19.0 Å². The lowest BCUT2D eigenvalue weighted by Crippen LogP contribution is -2.68. The van der Waals surface area contributed by atoms with E-state index < -0.39 is 11.0 Å². The topological polar surface area (TPSA) is 44.8 Å². The third-order valence-corrected chi connectivity index (χ3v) is 4.61. The van der Waals surface area contributed by atoms with Crippen LogP contribution in [0.5, 0.6) is 0 Å². The zero-order valence-corrected chi connectivity index (χ0v) is 12.3. The van der Waals surface area contributed by atoms with Crippen LogP contribution in [0.3, 0.4) is 0 Å². The van der Waals surface area contributed by atoms with Gasteiger partial charge in [-0.1, -0.05) is 6.58 Å². The predicted octanol–water partition coefficient (Wildman–Crippen LogP) is 2.22. The van der Waals surface area contributed by atoms with Gasteiger partial charge < -0.3 is 14.2 Å². The molecule has 0 aromatic heterocycles. The maximum absolute atomic E-state index is 12.1. The Morgan fingerprint density at radius 3 is 2.63 bits per heavy atom. The number of carbonyl (C=O) groups excluding carboxylic acids is 1. The molecule has 5 atom stereocenters. The van der Waals surface area contributed by atoms with E-state index in [0.29, 0.717) is 6.42 Å². The van der Waals surface area contributed by atoms with Crippen LogP contribution in [0.25, 0.3) is 0 Å². The molecule has 3 aliphatic rings. The van der Waals surface area contributed by atoms with Gasteiger partial charge in [-0.2, -0.15) is 0 Å². The normalized spacial score (nSPS) is 47.8. The third-order valence-electron chi connectivity index (χ3n) is 4.61. The van der Waals surface area contributed by atoms with Gasteiger partial charge in [-0.3, -0.25) is 4.79 Å². The summed E-state index contributed by atoms with van der Waals surface area (Å²) in [6.45, 7) is 13.7.